The van der Waals surface area contributed by atoms with Crippen molar-refractivity contribution < 1.29 is 33.3 Å². The Hall–Kier alpha value is -3.76. The molecule has 1 aliphatic rings. The molecule has 274 valence electrons. The van der Waals surface area contributed by atoms with Gasteiger partial charge < -0.3 is 23.7 Å². The summed E-state index contributed by atoms with van der Waals surface area (Å²) in [5.74, 6) is -1.46. The third-order valence-electron chi connectivity index (χ3n) is 10.2. The van der Waals surface area contributed by atoms with E-state index in [1.54, 1.807) is 0 Å². The van der Waals surface area contributed by atoms with Crippen LogP contribution in [0.4, 0.5) is 4.79 Å². The molecule has 8 nitrogen and oxygen atoms in total. The van der Waals surface area contributed by atoms with Crippen molar-refractivity contribution in [1.29, 1.82) is 0 Å². The second-order valence-corrected chi connectivity index (χ2v) is 20.2. The Kier molecular flexibility index (Phi) is 11.7. The van der Waals surface area contributed by atoms with E-state index in [2.05, 4.69) is 76.2 Å². The number of hydrogen-bond acceptors (Lipinski definition) is 7. The van der Waals surface area contributed by atoms with Crippen LogP contribution in [0.5, 0.6) is 0 Å². The van der Waals surface area contributed by atoms with E-state index in [9.17, 15) is 14.7 Å². The second kappa shape index (κ2) is 15.5. The summed E-state index contributed by atoms with van der Waals surface area (Å²) in [6, 6.07) is 28.6. The summed E-state index contributed by atoms with van der Waals surface area (Å²) in [5, 5.41) is 13.2. The number of benzene rings is 3. The molecule has 0 amide bonds. The Morgan fingerprint density at radius 3 is 1.98 bits per heavy atom. The highest BCUT2D eigenvalue weighted by molar-refractivity contribution is 6.99. The van der Waals surface area contributed by atoms with Gasteiger partial charge in [-0.15, -0.1) is 0 Å². The first kappa shape index (κ1) is 38.5. The van der Waals surface area contributed by atoms with Crippen LogP contribution in [0.1, 0.15) is 84.9 Å². The minimum Gasteiger partial charge on any atom is -0.469 e. The van der Waals surface area contributed by atoms with E-state index in [1.165, 1.54) is 22.1 Å². The summed E-state index contributed by atoms with van der Waals surface area (Å²) in [4.78, 5) is 28.1. The normalized spacial score (nSPS) is 17.6. The van der Waals surface area contributed by atoms with Crippen LogP contribution in [0.25, 0.3) is 10.9 Å². The van der Waals surface area contributed by atoms with Gasteiger partial charge in [0.2, 0.25) is 0 Å². The zero-order valence-corrected chi connectivity index (χ0v) is 32.5. The molecule has 3 atom stereocenters. The average molecular weight is 714 g/mol. The highest BCUT2D eigenvalue weighted by Gasteiger charge is 2.52. The molecule has 4 aromatic rings. The first-order valence-electron chi connectivity index (χ1n) is 18.1. The van der Waals surface area contributed by atoms with Crippen molar-refractivity contribution in [1.82, 2.24) is 4.57 Å². The van der Waals surface area contributed by atoms with Gasteiger partial charge in [-0.2, -0.15) is 0 Å². The summed E-state index contributed by atoms with van der Waals surface area (Å²) in [5.41, 5.74) is 0.764. The quantitative estimate of drug-likeness (QED) is 0.0828. The number of fused-ring (bicyclic) bond motifs is 1. The smallest absolute Gasteiger partial charge is 0.419 e. The minimum atomic E-state index is -2.92. The topological polar surface area (TPSA) is 99.5 Å². The Balaban J connectivity index is 1.65. The van der Waals surface area contributed by atoms with Gasteiger partial charge >= 0.3 is 12.1 Å². The van der Waals surface area contributed by atoms with Crippen LogP contribution >= 0.6 is 0 Å². The third kappa shape index (κ3) is 8.17. The molecule has 0 radical (unpaired) electrons. The Morgan fingerprint density at radius 1 is 0.922 bits per heavy atom. The van der Waals surface area contributed by atoms with Gasteiger partial charge in [-0.05, 0) is 79.4 Å². The molecular weight excluding hydrogens is 659 g/mol. The summed E-state index contributed by atoms with van der Waals surface area (Å²) < 4.78 is 26.5. The molecule has 1 aliphatic heterocycles. The number of rotatable bonds is 14. The fourth-order valence-electron chi connectivity index (χ4n) is 7.68. The lowest BCUT2D eigenvalue weighted by Gasteiger charge is -2.44. The minimum absolute atomic E-state index is 0.148. The first-order valence-corrected chi connectivity index (χ1v) is 20.0. The van der Waals surface area contributed by atoms with Crippen molar-refractivity contribution >= 4 is 41.7 Å². The van der Waals surface area contributed by atoms with Crippen molar-refractivity contribution in [2.75, 3.05) is 26.9 Å². The van der Waals surface area contributed by atoms with Crippen molar-refractivity contribution in [3.8, 4) is 0 Å². The van der Waals surface area contributed by atoms with Crippen LogP contribution < -0.4 is 10.4 Å². The van der Waals surface area contributed by atoms with Gasteiger partial charge in [-0.1, -0.05) is 107 Å². The van der Waals surface area contributed by atoms with Crippen LogP contribution in [0.15, 0.2) is 84.9 Å². The van der Waals surface area contributed by atoms with Gasteiger partial charge in [0, 0.05) is 24.3 Å². The molecule has 1 N–H and O–H groups in total. The van der Waals surface area contributed by atoms with Crippen LogP contribution in [-0.4, -0.2) is 68.2 Å². The van der Waals surface area contributed by atoms with Crippen LogP contribution in [0.3, 0.4) is 0 Å². The number of ether oxygens (including phenoxy) is 3. The molecule has 5 rings (SSSR count). The van der Waals surface area contributed by atoms with E-state index < -0.39 is 31.9 Å². The predicted octanol–water partition coefficient (Wildman–Crippen LogP) is 7.37. The summed E-state index contributed by atoms with van der Waals surface area (Å²) in [7, 11) is -1.54. The number of aliphatic hydroxyl groups is 1. The van der Waals surface area contributed by atoms with Gasteiger partial charge in [0.1, 0.15) is 5.60 Å². The number of para-hydroxylation sites is 1. The number of methoxy groups -OCH3 is 1. The number of aliphatic hydroxyl groups excluding tert-OH is 1. The summed E-state index contributed by atoms with van der Waals surface area (Å²) >= 11 is 0. The largest absolute Gasteiger partial charge is 0.469 e. The molecule has 1 unspecified atom stereocenters. The average Bonchev–Trinajstić information content (AvgIpc) is 3.80. The van der Waals surface area contributed by atoms with Gasteiger partial charge in [-0.25, -0.2) is 9.36 Å². The number of hydrogen-bond donors (Lipinski definition) is 1. The van der Waals surface area contributed by atoms with E-state index >= 15 is 0 Å². The molecule has 0 aliphatic carbocycles. The van der Waals surface area contributed by atoms with E-state index in [4.69, 9.17) is 18.6 Å². The Bertz CT molecular complexity index is 1750. The SMILES string of the molecule is CC[C@@]1(C[C@H](CO[Si](c2ccccc2)(c2ccccc2)C(C)(C)C)CC(C(=O)OC)c2c(CCO)c3ccccc3n2C(=O)OC(C)(C)C)CO1. The van der Waals surface area contributed by atoms with Crippen molar-refractivity contribution in [2.45, 2.75) is 96.3 Å². The highest BCUT2D eigenvalue weighted by Crippen LogP contribution is 2.44. The molecule has 1 aromatic heterocycles. The molecule has 3 aromatic carbocycles. The lowest BCUT2D eigenvalue weighted by Crippen LogP contribution is -2.67. The Morgan fingerprint density at radius 2 is 1.49 bits per heavy atom. The van der Waals surface area contributed by atoms with Gasteiger partial charge in [0.05, 0.1) is 30.8 Å². The summed E-state index contributed by atoms with van der Waals surface area (Å²) in [6.07, 6.45) is 1.52. The van der Waals surface area contributed by atoms with Crippen molar-refractivity contribution in [2.24, 2.45) is 5.92 Å². The van der Waals surface area contributed by atoms with E-state index in [1.807, 2.05) is 57.2 Å². The van der Waals surface area contributed by atoms with Crippen LogP contribution in [0, 0.1) is 5.92 Å². The fourth-order valence-corrected chi connectivity index (χ4v) is 12.3. The predicted molar refractivity (Wildman–Crippen MR) is 204 cm³/mol. The molecular formula is C42H55NO7Si. The molecule has 1 saturated heterocycles. The number of esters is 1. The van der Waals surface area contributed by atoms with Crippen molar-refractivity contribution in [3.63, 3.8) is 0 Å². The van der Waals surface area contributed by atoms with E-state index in [0.717, 1.165) is 17.4 Å². The van der Waals surface area contributed by atoms with Gasteiger partial charge in [0.25, 0.3) is 8.32 Å². The van der Waals surface area contributed by atoms with Gasteiger partial charge in [0.15, 0.2) is 0 Å². The molecule has 1 fully saturated rings. The molecule has 9 heteroatoms. The number of nitrogens with zero attached hydrogens (tertiary/aromatic N) is 1. The lowest BCUT2D eigenvalue weighted by atomic mass is 9.84. The third-order valence-corrected chi connectivity index (χ3v) is 15.2. The lowest BCUT2D eigenvalue weighted by molar-refractivity contribution is -0.143. The Labute approximate surface area is 304 Å². The highest BCUT2D eigenvalue weighted by atomic mass is 28.4. The zero-order valence-electron chi connectivity index (χ0n) is 31.5. The number of aromatic nitrogens is 1. The van der Waals surface area contributed by atoms with E-state index in [-0.39, 0.29) is 29.6 Å². The van der Waals surface area contributed by atoms with Crippen molar-refractivity contribution in [3.05, 3.63) is 96.2 Å². The van der Waals surface area contributed by atoms with Crippen LogP contribution in [-0.2, 0) is 29.9 Å². The summed E-state index contributed by atoms with van der Waals surface area (Å²) in [6.45, 7) is 15.2. The zero-order chi connectivity index (χ0) is 37.0. The maximum atomic E-state index is 14.1. The molecule has 0 saturated carbocycles. The number of carbonyl (C=O) groups is 2. The monoisotopic (exact) mass is 713 g/mol. The maximum absolute atomic E-state index is 14.1. The second-order valence-electron chi connectivity index (χ2n) is 15.9. The van der Waals surface area contributed by atoms with Gasteiger partial charge in [-0.3, -0.25) is 4.79 Å². The van der Waals surface area contributed by atoms with Crippen LogP contribution in [0.2, 0.25) is 5.04 Å². The first-order chi connectivity index (χ1) is 24.2. The number of carbonyl (C=O) groups excluding carboxylic acids is 2. The molecule has 51 heavy (non-hydrogen) atoms. The maximum Gasteiger partial charge on any atom is 0.419 e. The molecule has 2 heterocycles. The molecule has 0 spiro atoms. The fraction of sp³-hybridized carbons (Fsp3) is 0.476. The van der Waals surface area contributed by atoms with E-state index in [0.29, 0.717) is 37.3 Å². The number of epoxide rings is 1. The standard InChI is InChI=1S/C42H55NO7Si/c1-9-42(29-48-42)27-30(28-49-51(41(5,6)7,31-18-12-10-13-19-31)32-20-14-11-15-21-32)26-35(38(45)47-8)37-34(24-25-44)33-22-16-17-23-36(33)43(37)39(46)50-40(2,3)4/h10-23,30,35,44H,9,24-29H2,1-8H3/t30-,35?,42-/m1/s1. The molecule has 0 bridgehead atoms.